The van der Waals surface area contributed by atoms with E-state index < -0.39 is 19.9 Å². The highest BCUT2D eigenvalue weighted by Crippen LogP contribution is 2.55. The van der Waals surface area contributed by atoms with Crippen molar-refractivity contribution >= 4 is 19.6 Å². The Morgan fingerprint density at radius 3 is 2.78 bits per heavy atom. The fraction of sp³-hybridized carbons (Fsp3) is 0.467. The van der Waals surface area contributed by atoms with Crippen molar-refractivity contribution in [3.05, 3.63) is 29.8 Å². The maximum absolute atomic E-state index is 12.3. The zero-order chi connectivity index (χ0) is 16.9. The predicted octanol–water partition coefficient (Wildman–Crippen LogP) is 3.13. The molecule has 1 saturated heterocycles. The Morgan fingerprint density at radius 2 is 2.09 bits per heavy atom. The summed E-state index contributed by atoms with van der Waals surface area (Å²) in [5.74, 6) is -0.451. The van der Waals surface area contributed by atoms with E-state index in [1.807, 2.05) is 0 Å². The third-order valence-electron chi connectivity index (χ3n) is 3.12. The molecule has 2 rings (SSSR count). The van der Waals surface area contributed by atoms with Gasteiger partial charge >= 0.3 is 13.8 Å². The van der Waals surface area contributed by atoms with E-state index in [-0.39, 0.29) is 31.2 Å². The predicted molar refractivity (Wildman–Crippen MR) is 81.4 cm³/mol. The van der Waals surface area contributed by atoms with E-state index in [9.17, 15) is 14.2 Å². The number of rotatable bonds is 7. The highest BCUT2D eigenvalue weighted by molar-refractivity contribution is 7.48. The number of benzene rings is 1. The zero-order valence-electron chi connectivity index (χ0n) is 13.0. The number of carbonyl (C=O) groups is 2. The summed E-state index contributed by atoms with van der Waals surface area (Å²) in [5, 5.41) is 0. The van der Waals surface area contributed by atoms with Crippen LogP contribution in [0.4, 0.5) is 0 Å². The molecule has 1 aliphatic heterocycles. The highest BCUT2D eigenvalue weighted by Gasteiger charge is 2.38. The molecule has 126 valence electrons. The maximum Gasteiger partial charge on any atom is 0.475 e. The molecule has 0 radical (unpaired) electrons. The molecule has 2 unspecified atom stereocenters. The molecule has 1 aromatic rings. The van der Waals surface area contributed by atoms with E-state index in [2.05, 4.69) is 0 Å². The van der Waals surface area contributed by atoms with E-state index in [4.69, 9.17) is 18.3 Å². The van der Waals surface area contributed by atoms with Crippen LogP contribution in [0.25, 0.3) is 0 Å². The number of phosphoric ester groups is 1. The van der Waals surface area contributed by atoms with Crippen molar-refractivity contribution in [2.24, 2.45) is 0 Å². The molecule has 0 saturated carbocycles. The van der Waals surface area contributed by atoms with E-state index in [1.165, 1.54) is 6.92 Å². The largest absolute Gasteiger partial charge is 0.475 e. The number of esters is 1. The molecule has 23 heavy (non-hydrogen) atoms. The Hall–Kier alpha value is -1.53. The summed E-state index contributed by atoms with van der Waals surface area (Å²) >= 11 is 0. The molecule has 0 aliphatic carbocycles. The second-order valence-corrected chi connectivity index (χ2v) is 6.56. The molecule has 0 bridgehead atoms. The first-order valence-electron chi connectivity index (χ1n) is 7.31. The first-order chi connectivity index (χ1) is 10.9. The van der Waals surface area contributed by atoms with Crippen LogP contribution in [0.2, 0.25) is 0 Å². The van der Waals surface area contributed by atoms with Crippen LogP contribution >= 0.6 is 7.82 Å². The van der Waals surface area contributed by atoms with Crippen LogP contribution in [-0.4, -0.2) is 31.1 Å². The SMILES string of the molecule is CCOP1(=O)OCC(CCC(=O)c2ccccc2OC(C)=O)O1. The van der Waals surface area contributed by atoms with Gasteiger partial charge in [0.1, 0.15) is 5.75 Å². The quantitative estimate of drug-likeness (QED) is 0.325. The van der Waals surface area contributed by atoms with Crippen LogP contribution in [0.15, 0.2) is 24.3 Å². The molecule has 0 amide bonds. The molecule has 0 aromatic heterocycles. The maximum atomic E-state index is 12.3. The molecule has 0 spiro atoms. The van der Waals surface area contributed by atoms with Crippen LogP contribution < -0.4 is 4.74 Å². The lowest BCUT2D eigenvalue weighted by atomic mass is 10.0. The second kappa shape index (κ2) is 7.84. The minimum absolute atomic E-state index is 0.121. The number of para-hydroxylation sites is 1. The fourth-order valence-corrected chi connectivity index (χ4v) is 3.54. The second-order valence-electron chi connectivity index (χ2n) is 4.94. The lowest BCUT2D eigenvalue weighted by molar-refractivity contribution is -0.131. The minimum atomic E-state index is -3.47. The summed E-state index contributed by atoms with van der Waals surface area (Å²) in [6.45, 7) is 3.31. The average molecular weight is 342 g/mol. The van der Waals surface area contributed by atoms with Gasteiger partial charge in [0, 0.05) is 13.3 Å². The smallest absolute Gasteiger partial charge is 0.426 e. The summed E-state index contributed by atoms with van der Waals surface area (Å²) in [4.78, 5) is 23.4. The summed E-state index contributed by atoms with van der Waals surface area (Å²) in [6, 6.07) is 6.53. The van der Waals surface area contributed by atoms with Crippen LogP contribution in [0.3, 0.4) is 0 Å². The standard InChI is InChI=1S/C15H19O7P/c1-3-19-23(18)20-10-12(22-23)8-9-14(17)13-6-4-5-7-15(13)21-11(2)16/h4-7,12H,3,8-10H2,1-2H3. The molecule has 1 heterocycles. The first-order valence-corrected chi connectivity index (χ1v) is 8.77. The fourth-order valence-electron chi connectivity index (χ4n) is 2.15. The Balaban J connectivity index is 1.93. The van der Waals surface area contributed by atoms with Gasteiger partial charge in [-0.2, -0.15) is 0 Å². The molecule has 1 aliphatic rings. The van der Waals surface area contributed by atoms with Gasteiger partial charge in [0.25, 0.3) is 0 Å². The Morgan fingerprint density at radius 1 is 1.35 bits per heavy atom. The van der Waals surface area contributed by atoms with Crippen molar-refractivity contribution in [1.82, 2.24) is 0 Å². The highest BCUT2D eigenvalue weighted by atomic mass is 31.2. The Bertz CT molecular complexity index is 628. The number of ketones is 1. The number of hydrogen-bond donors (Lipinski definition) is 0. The first kappa shape index (κ1) is 17.8. The van der Waals surface area contributed by atoms with Gasteiger partial charge in [-0.25, -0.2) is 4.57 Å². The Kier molecular flexibility index (Phi) is 6.07. The molecular weight excluding hydrogens is 323 g/mol. The Labute approximate surface area is 134 Å². The monoisotopic (exact) mass is 342 g/mol. The normalized spacial score (nSPS) is 23.7. The van der Waals surface area contributed by atoms with Crippen LogP contribution in [0.1, 0.15) is 37.0 Å². The van der Waals surface area contributed by atoms with Crippen LogP contribution in [0, 0.1) is 0 Å². The van der Waals surface area contributed by atoms with Crippen molar-refractivity contribution in [3.8, 4) is 5.75 Å². The minimum Gasteiger partial charge on any atom is -0.426 e. The molecule has 0 N–H and O–H groups in total. The third-order valence-corrected chi connectivity index (χ3v) is 4.71. The number of phosphoric acid groups is 1. The molecule has 7 nitrogen and oxygen atoms in total. The van der Waals surface area contributed by atoms with Gasteiger partial charge in [-0.1, -0.05) is 12.1 Å². The van der Waals surface area contributed by atoms with E-state index >= 15 is 0 Å². The summed E-state index contributed by atoms with van der Waals surface area (Å²) in [5.41, 5.74) is 0.328. The number of carbonyl (C=O) groups excluding carboxylic acids is 2. The summed E-state index contributed by atoms with van der Waals surface area (Å²) < 4.78 is 32.2. The lowest BCUT2D eigenvalue weighted by Gasteiger charge is -2.11. The number of ether oxygens (including phenoxy) is 1. The van der Waals surface area contributed by atoms with Crippen molar-refractivity contribution in [3.63, 3.8) is 0 Å². The zero-order valence-corrected chi connectivity index (χ0v) is 13.9. The van der Waals surface area contributed by atoms with Gasteiger partial charge < -0.3 is 4.74 Å². The van der Waals surface area contributed by atoms with Crippen molar-refractivity contribution in [2.45, 2.75) is 32.8 Å². The molecule has 1 fully saturated rings. The number of Topliss-reactive ketones (excluding diaryl/α,β-unsaturated/α-hetero) is 1. The van der Waals surface area contributed by atoms with E-state index in [0.29, 0.717) is 12.0 Å². The van der Waals surface area contributed by atoms with Gasteiger partial charge in [-0.05, 0) is 25.5 Å². The molecule has 1 aromatic carbocycles. The van der Waals surface area contributed by atoms with Crippen LogP contribution in [0.5, 0.6) is 5.75 Å². The van der Waals surface area contributed by atoms with Crippen molar-refractivity contribution in [1.29, 1.82) is 0 Å². The van der Waals surface area contributed by atoms with Crippen LogP contribution in [-0.2, 0) is 22.9 Å². The van der Waals surface area contributed by atoms with E-state index in [1.54, 1.807) is 31.2 Å². The van der Waals surface area contributed by atoms with Gasteiger partial charge in [-0.15, -0.1) is 0 Å². The topological polar surface area (TPSA) is 88.1 Å². The summed E-state index contributed by atoms with van der Waals surface area (Å²) in [6.07, 6.45) is 0.0279. The van der Waals surface area contributed by atoms with Crippen molar-refractivity contribution < 1.29 is 32.5 Å². The van der Waals surface area contributed by atoms with Gasteiger partial charge in [0.15, 0.2) is 5.78 Å². The van der Waals surface area contributed by atoms with Gasteiger partial charge in [-0.3, -0.25) is 23.2 Å². The molecular formula is C15H19O7P. The number of hydrogen-bond acceptors (Lipinski definition) is 7. The van der Waals surface area contributed by atoms with Gasteiger partial charge in [0.05, 0.1) is 24.9 Å². The lowest BCUT2D eigenvalue weighted by Crippen LogP contribution is -2.13. The van der Waals surface area contributed by atoms with Gasteiger partial charge in [0.2, 0.25) is 0 Å². The van der Waals surface area contributed by atoms with Crippen molar-refractivity contribution in [2.75, 3.05) is 13.2 Å². The molecule has 2 atom stereocenters. The summed E-state index contributed by atoms with van der Waals surface area (Å²) in [7, 11) is -3.47. The third kappa shape index (κ3) is 4.97. The average Bonchev–Trinajstić information content (AvgIpc) is 2.86. The molecule has 8 heteroatoms. The van der Waals surface area contributed by atoms with E-state index in [0.717, 1.165) is 0 Å².